The van der Waals surface area contributed by atoms with Crippen molar-refractivity contribution in [2.24, 2.45) is 0 Å². The van der Waals surface area contributed by atoms with Crippen LogP contribution in [-0.4, -0.2) is 83.5 Å². The zero-order valence-electron chi connectivity index (χ0n) is 27.5. The molecule has 2 unspecified atom stereocenters. The Bertz CT molecular complexity index is 1370. The Labute approximate surface area is 265 Å². The van der Waals surface area contributed by atoms with Gasteiger partial charge in [-0.1, -0.05) is 6.07 Å². The average molecular weight is 626 g/mol. The molecule has 0 saturated carbocycles. The van der Waals surface area contributed by atoms with Gasteiger partial charge in [-0.25, -0.2) is 29.3 Å². The lowest BCUT2D eigenvalue weighted by Crippen LogP contribution is -2.49. The Morgan fingerprint density at radius 1 is 1.09 bits per heavy atom. The summed E-state index contributed by atoms with van der Waals surface area (Å²) in [5.74, 6) is 2.01. The summed E-state index contributed by atoms with van der Waals surface area (Å²) in [6.45, 7) is 14.8. The fourth-order valence-corrected chi connectivity index (χ4v) is 5.46. The van der Waals surface area contributed by atoms with Gasteiger partial charge in [-0.05, 0) is 85.8 Å². The van der Waals surface area contributed by atoms with E-state index in [4.69, 9.17) is 24.2 Å². The number of hydrogen-bond donors (Lipinski definition) is 3. The van der Waals surface area contributed by atoms with Crippen LogP contribution in [0.15, 0.2) is 12.1 Å². The van der Waals surface area contributed by atoms with E-state index in [1.54, 1.807) is 27.7 Å². The zero-order valence-corrected chi connectivity index (χ0v) is 27.5. The number of amides is 1. The topological polar surface area (TPSA) is 157 Å². The summed E-state index contributed by atoms with van der Waals surface area (Å²) < 4.78 is 15.6. The highest BCUT2D eigenvalue weighted by Crippen LogP contribution is 2.33. The van der Waals surface area contributed by atoms with Crippen molar-refractivity contribution in [1.82, 2.24) is 20.3 Å². The Morgan fingerprint density at radius 2 is 1.82 bits per heavy atom. The summed E-state index contributed by atoms with van der Waals surface area (Å²) in [7, 11) is 0. The first-order valence-corrected chi connectivity index (χ1v) is 15.8. The van der Waals surface area contributed by atoms with Crippen molar-refractivity contribution in [3.63, 3.8) is 0 Å². The van der Waals surface area contributed by atoms with Gasteiger partial charge in [0.15, 0.2) is 6.10 Å². The molecular formula is C32H47N7O6. The summed E-state index contributed by atoms with van der Waals surface area (Å²) in [6.07, 6.45) is 2.03. The molecule has 1 amide bonds. The second kappa shape index (κ2) is 14.7. The maximum Gasteiger partial charge on any atom is 0.408 e. The molecule has 13 heteroatoms. The maximum absolute atomic E-state index is 13.1. The van der Waals surface area contributed by atoms with E-state index in [1.165, 1.54) is 12.5 Å². The molecular weight excluding hydrogens is 578 g/mol. The number of ether oxygens (including phenoxy) is 3. The second-order valence-electron chi connectivity index (χ2n) is 12.5. The number of carbonyl (C=O) groups excluding carboxylic acids is 3. The Kier molecular flexibility index (Phi) is 11.1. The Balaban J connectivity index is 1.43. The van der Waals surface area contributed by atoms with Crippen LogP contribution in [0.2, 0.25) is 0 Å². The van der Waals surface area contributed by atoms with Gasteiger partial charge in [-0.3, -0.25) is 0 Å². The van der Waals surface area contributed by atoms with Gasteiger partial charge >= 0.3 is 18.0 Å². The number of piperidine rings is 1. The van der Waals surface area contributed by atoms with Gasteiger partial charge in [-0.15, -0.1) is 0 Å². The van der Waals surface area contributed by atoms with Gasteiger partial charge in [0.1, 0.15) is 34.9 Å². The monoisotopic (exact) mass is 625 g/mol. The standard InChI is InChI=1S/C32H47N7O6/c1-8-43-29(40)20(3)44-31(42)38-25(30(41)45-32(5,6)7)18-34-26-19(2)28(36-21(4)35-26)39-16-13-22(14-17-39)24-12-11-23-10-9-15-33-27(23)37-24/h11-12,20,22,25H,8-10,13-18H2,1-7H3,(H,33,37)(H,38,42)(H,34,35,36). The highest BCUT2D eigenvalue weighted by atomic mass is 16.6. The number of rotatable bonds is 10. The third-order valence-corrected chi connectivity index (χ3v) is 7.72. The first-order chi connectivity index (χ1) is 21.3. The lowest BCUT2D eigenvalue weighted by molar-refractivity contribution is -0.157. The lowest BCUT2D eigenvalue weighted by atomic mass is 9.92. The molecule has 0 radical (unpaired) electrons. The normalized spacial score (nSPS) is 16.5. The van der Waals surface area contributed by atoms with Crippen molar-refractivity contribution in [2.45, 2.75) is 97.8 Å². The molecule has 0 spiro atoms. The second-order valence-corrected chi connectivity index (χ2v) is 12.5. The fourth-order valence-electron chi connectivity index (χ4n) is 5.46. The van der Waals surface area contributed by atoms with Gasteiger partial charge in [-0.2, -0.15) is 0 Å². The third kappa shape index (κ3) is 9.18. The summed E-state index contributed by atoms with van der Waals surface area (Å²) in [4.78, 5) is 54.1. The van der Waals surface area contributed by atoms with Crippen molar-refractivity contribution < 1.29 is 28.6 Å². The number of hydrogen-bond acceptors (Lipinski definition) is 12. The SMILES string of the molecule is CCOC(=O)C(C)OC(=O)NC(CNc1nc(C)nc(N2CCC(c3ccc4c(n3)NCCC4)CC2)c1C)C(=O)OC(C)(C)C. The summed E-state index contributed by atoms with van der Waals surface area (Å²) in [6, 6.07) is 3.27. The summed E-state index contributed by atoms with van der Waals surface area (Å²) in [5.41, 5.74) is 2.47. The highest BCUT2D eigenvalue weighted by Gasteiger charge is 2.30. The number of pyridine rings is 1. The minimum atomic E-state index is -1.14. The number of nitrogens with zero attached hydrogens (tertiary/aromatic N) is 4. The van der Waals surface area contributed by atoms with E-state index >= 15 is 0 Å². The first-order valence-electron chi connectivity index (χ1n) is 15.8. The van der Waals surface area contributed by atoms with E-state index in [9.17, 15) is 14.4 Å². The van der Waals surface area contributed by atoms with Gasteiger partial charge < -0.3 is 35.1 Å². The number of nitrogens with one attached hydrogen (secondary N) is 3. The molecule has 45 heavy (non-hydrogen) atoms. The zero-order chi connectivity index (χ0) is 32.7. The van der Waals surface area contributed by atoms with E-state index in [2.05, 4.69) is 38.0 Å². The van der Waals surface area contributed by atoms with Crippen LogP contribution in [-0.2, 0) is 30.2 Å². The molecule has 1 saturated heterocycles. The number of carbonyl (C=O) groups is 3. The van der Waals surface area contributed by atoms with E-state index in [0.29, 0.717) is 17.6 Å². The lowest BCUT2D eigenvalue weighted by Gasteiger charge is -2.34. The quantitative estimate of drug-likeness (QED) is 0.258. The molecule has 2 aliphatic heterocycles. The van der Waals surface area contributed by atoms with Crippen molar-refractivity contribution in [1.29, 1.82) is 0 Å². The molecule has 0 bridgehead atoms. The van der Waals surface area contributed by atoms with Crippen LogP contribution in [0.25, 0.3) is 0 Å². The molecule has 0 aromatic carbocycles. The highest BCUT2D eigenvalue weighted by molar-refractivity contribution is 5.84. The number of aromatic nitrogens is 3. The maximum atomic E-state index is 13.1. The summed E-state index contributed by atoms with van der Waals surface area (Å²) >= 11 is 0. The molecule has 4 rings (SSSR count). The minimum absolute atomic E-state index is 0.0331. The fraction of sp³-hybridized carbons (Fsp3) is 0.625. The van der Waals surface area contributed by atoms with Crippen molar-refractivity contribution in [3.8, 4) is 0 Å². The van der Waals surface area contributed by atoms with E-state index < -0.39 is 35.8 Å². The van der Waals surface area contributed by atoms with Gasteiger partial charge in [0.05, 0.1) is 6.61 Å². The van der Waals surface area contributed by atoms with Gasteiger partial charge in [0.2, 0.25) is 0 Å². The molecule has 2 aromatic heterocycles. The Morgan fingerprint density at radius 3 is 2.51 bits per heavy atom. The van der Waals surface area contributed by atoms with Crippen molar-refractivity contribution in [2.75, 3.05) is 48.3 Å². The van der Waals surface area contributed by atoms with Gasteiger partial charge in [0, 0.05) is 43.4 Å². The van der Waals surface area contributed by atoms with Crippen LogP contribution in [0.5, 0.6) is 0 Å². The van der Waals surface area contributed by atoms with E-state index in [1.807, 2.05) is 13.8 Å². The summed E-state index contributed by atoms with van der Waals surface area (Å²) in [5, 5.41) is 9.17. The van der Waals surface area contributed by atoms with Crippen LogP contribution < -0.4 is 20.9 Å². The smallest absolute Gasteiger partial charge is 0.408 e. The number of esters is 2. The molecule has 2 aromatic rings. The molecule has 3 N–H and O–H groups in total. The van der Waals surface area contributed by atoms with Crippen LogP contribution in [0, 0.1) is 13.8 Å². The van der Waals surface area contributed by atoms with Crippen LogP contribution in [0.4, 0.5) is 22.2 Å². The van der Waals surface area contributed by atoms with E-state index in [-0.39, 0.29) is 13.2 Å². The van der Waals surface area contributed by atoms with Crippen molar-refractivity contribution in [3.05, 3.63) is 34.8 Å². The molecule has 0 aliphatic carbocycles. The third-order valence-electron chi connectivity index (χ3n) is 7.72. The molecule has 246 valence electrons. The number of alkyl carbamates (subject to hydrolysis) is 1. The Hall–Kier alpha value is -4.16. The molecule has 4 heterocycles. The van der Waals surface area contributed by atoms with Gasteiger partial charge in [0.25, 0.3) is 0 Å². The van der Waals surface area contributed by atoms with E-state index in [0.717, 1.165) is 68.2 Å². The van der Waals surface area contributed by atoms with Crippen LogP contribution in [0.1, 0.15) is 82.4 Å². The van der Waals surface area contributed by atoms with Crippen LogP contribution in [0.3, 0.4) is 0 Å². The molecule has 2 aliphatic rings. The number of anilines is 3. The predicted molar refractivity (Wildman–Crippen MR) is 171 cm³/mol. The predicted octanol–water partition coefficient (Wildman–Crippen LogP) is 4.03. The average Bonchev–Trinajstić information content (AvgIpc) is 2.99. The molecule has 1 fully saturated rings. The number of aryl methyl sites for hydroxylation is 2. The minimum Gasteiger partial charge on any atom is -0.463 e. The first kappa shape index (κ1) is 33.7. The molecule has 13 nitrogen and oxygen atoms in total. The number of fused-ring (bicyclic) bond motifs is 1. The van der Waals surface area contributed by atoms with Crippen molar-refractivity contribution >= 4 is 35.5 Å². The largest absolute Gasteiger partial charge is 0.463 e. The molecule has 2 atom stereocenters. The van der Waals surface area contributed by atoms with Crippen LogP contribution >= 0.6 is 0 Å².